The highest BCUT2D eigenvalue weighted by atomic mass is 16.1. The molecule has 21 heavy (non-hydrogen) atoms. The Balaban J connectivity index is 1.96. The second-order valence-corrected chi connectivity index (χ2v) is 5.13. The Bertz CT molecular complexity index is 644. The van der Waals surface area contributed by atoms with Gasteiger partial charge in [0, 0.05) is 23.6 Å². The molecular formula is C15H21N5O. The molecule has 6 heteroatoms. The second kappa shape index (κ2) is 6.90. The highest BCUT2D eigenvalue weighted by Gasteiger charge is 2.12. The van der Waals surface area contributed by atoms with Crippen molar-refractivity contribution in [3.8, 4) is 0 Å². The van der Waals surface area contributed by atoms with Gasteiger partial charge < -0.3 is 15.6 Å². The molecular weight excluding hydrogens is 266 g/mol. The smallest absolute Gasteiger partial charge is 0.260 e. The maximum Gasteiger partial charge on any atom is 0.260 e. The van der Waals surface area contributed by atoms with Crippen LogP contribution in [0.4, 0.5) is 0 Å². The fourth-order valence-electron chi connectivity index (χ4n) is 2.07. The van der Waals surface area contributed by atoms with Gasteiger partial charge >= 0.3 is 0 Å². The predicted octanol–water partition coefficient (Wildman–Crippen LogP) is 1.16. The fraction of sp³-hybridized carbons (Fsp3) is 0.333. The highest BCUT2D eigenvalue weighted by molar-refractivity contribution is 6.12. The van der Waals surface area contributed by atoms with Crippen LogP contribution in [0.3, 0.4) is 0 Å². The largest absolute Gasteiger partial charge is 0.370 e. The Labute approximate surface area is 124 Å². The van der Waals surface area contributed by atoms with E-state index in [1.54, 1.807) is 6.20 Å². The Morgan fingerprint density at radius 1 is 1.38 bits per heavy atom. The number of para-hydroxylation sites is 1. The molecule has 0 fully saturated rings. The highest BCUT2D eigenvalue weighted by Crippen LogP contribution is 2.17. The molecule has 0 spiro atoms. The van der Waals surface area contributed by atoms with Gasteiger partial charge in [-0.15, -0.1) is 0 Å². The number of carbonyl (C=O) groups is 1. The summed E-state index contributed by atoms with van der Waals surface area (Å²) in [6.45, 7) is 1.53. The standard InChI is InChI=1S/C15H21N5O/c1-20(2)9-5-8-17-15(16)19-14(21)12-10-18-13-7-4-3-6-11(12)13/h3-4,6-7,10,18H,5,8-9H2,1-2H3,(H3,16,17,19,21). The van der Waals surface area contributed by atoms with Gasteiger partial charge in [0.15, 0.2) is 5.96 Å². The van der Waals surface area contributed by atoms with Crippen LogP contribution >= 0.6 is 0 Å². The van der Waals surface area contributed by atoms with E-state index in [4.69, 9.17) is 5.73 Å². The quantitative estimate of drug-likeness (QED) is 0.438. The van der Waals surface area contributed by atoms with Gasteiger partial charge in [0.05, 0.1) is 5.56 Å². The van der Waals surface area contributed by atoms with Crippen molar-refractivity contribution in [2.24, 2.45) is 10.7 Å². The Hall–Kier alpha value is -2.34. The van der Waals surface area contributed by atoms with E-state index in [-0.39, 0.29) is 11.9 Å². The van der Waals surface area contributed by atoms with E-state index in [2.05, 4.69) is 20.2 Å². The molecule has 0 aliphatic carbocycles. The first-order valence-electron chi connectivity index (χ1n) is 6.90. The fourth-order valence-corrected chi connectivity index (χ4v) is 2.07. The van der Waals surface area contributed by atoms with Gasteiger partial charge in [0.1, 0.15) is 0 Å². The molecule has 4 N–H and O–H groups in total. The zero-order valence-corrected chi connectivity index (χ0v) is 12.4. The number of nitrogens with two attached hydrogens (primary N) is 1. The van der Waals surface area contributed by atoms with Crippen molar-refractivity contribution in [2.75, 3.05) is 27.2 Å². The van der Waals surface area contributed by atoms with E-state index in [0.29, 0.717) is 12.1 Å². The molecule has 0 aliphatic rings. The zero-order chi connectivity index (χ0) is 15.2. The average Bonchev–Trinajstić information content (AvgIpc) is 2.87. The maximum absolute atomic E-state index is 12.2. The van der Waals surface area contributed by atoms with Gasteiger partial charge in [-0.25, -0.2) is 0 Å². The van der Waals surface area contributed by atoms with Gasteiger partial charge in [-0.05, 0) is 33.1 Å². The van der Waals surface area contributed by atoms with Gasteiger partial charge in [0.25, 0.3) is 5.91 Å². The van der Waals surface area contributed by atoms with E-state index in [1.165, 1.54) is 0 Å². The summed E-state index contributed by atoms with van der Waals surface area (Å²) in [6.07, 6.45) is 2.58. The lowest BCUT2D eigenvalue weighted by Gasteiger charge is -2.07. The van der Waals surface area contributed by atoms with Crippen LogP contribution in [0, 0.1) is 0 Å². The molecule has 2 rings (SSSR count). The van der Waals surface area contributed by atoms with Crippen LogP contribution in [-0.4, -0.2) is 48.9 Å². The minimum atomic E-state index is -0.249. The summed E-state index contributed by atoms with van der Waals surface area (Å²) in [5, 5.41) is 3.49. The summed E-state index contributed by atoms with van der Waals surface area (Å²) in [5.41, 5.74) is 7.22. The monoisotopic (exact) mass is 287 g/mol. The number of carbonyl (C=O) groups excluding carboxylic acids is 1. The van der Waals surface area contributed by atoms with Crippen molar-refractivity contribution in [2.45, 2.75) is 6.42 Å². The number of nitrogens with zero attached hydrogens (tertiary/aromatic N) is 2. The molecule has 112 valence electrons. The van der Waals surface area contributed by atoms with E-state index < -0.39 is 0 Å². The Morgan fingerprint density at radius 2 is 2.14 bits per heavy atom. The number of H-pyrrole nitrogens is 1. The van der Waals surface area contributed by atoms with E-state index in [1.807, 2.05) is 38.4 Å². The summed E-state index contributed by atoms with van der Waals surface area (Å²) < 4.78 is 0. The minimum absolute atomic E-state index is 0.157. The third-order valence-corrected chi connectivity index (χ3v) is 3.12. The first-order chi connectivity index (χ1) is 10.1. The topological polar surface area (TPSA) is 86.5 Å². The van der Waals surface area contributed by atoms with Crippen LogP contribution in [-0.2, 0) is 0 Å². The number of hydrogen-bond acceptors (Lipinski definition) is 3. The number of guanidine groups is 1. The molecule has 1 heterocycles. The summed E-state index contributed by atoms with van der Waals surface area (Å²) in [4.78, 5) is 21.5. The van der Waals surface area contributed by atoms with Crippen LogP contribution in [0.1, 0.15) is 16.8 Å². The lowest BCUT2D eigenvalue weighted by atomic mass is 10.1. The van der Waals surface area contributed by atoms with Crippen molar-refractivity contribution in [3.05, 3.63) is 36.0 Å². The van der Waals surface area contributed by atoms with Gasteiger partial charge in [-0.3, -0.25) is 15.1 Å². The van der Waals surface area contributed by atoms with Crippen molar-refractivity contribution < 1.29 is 4.79 Å². The SMILES string of the molecule is CN(C)CCCN=C(N)NC(=O)c1c[nH]c2ccccc12. The summed E-state index contributed by atoms with van der Waals surface area (Å²) in [6, 6.07) is 7.63. The molecule has 6 nitrogen and oxygen atoms in total. The molecule has 0 atom stereocenters. The summed E-state index contributed by atoms with van der Waals surface area (Å²) >= 11 is 0. The van der Waals surface area contributed by atoms with Gasteiger partial charge in [-0.1, -0.05) is 18.2 Å². The van der Waals surface area contributed by atoms with Crippen LogP contribution in [0.25, 0.3) is 10.9 Å². The number of benzene rings is 1. The normalized spacial score (nSPS) is 12.0. The van der Waals surface area contributed by atoms with Crippen molar-refractivity contribution in [1.82, 2.24) is 15.2 Å². The number of aromatic amines is 1. The van der Waals surface area contributed by atoms with Crippen molar-refractivity contribution >= 4 is 22.8 Å². The lowest BCUT2D eigenvalue weighted by Crippen LogP contribution is -2.37. The molecule has 0 bridgehead atoms. The molecule has 1 amide bonds. The van der Waals surface area contributed by atoms with Crippen molar-refractivity contribution in [3.63, 3.8) is 0 Å². The number of hydrogen-bond donors (Lipinski definition) is 3. The molecule has 2 aromatic rings. The number of aromatic nitrogens is 1. The summed E-state index contributed by atoms with van der Waals surface area (Å²) in [5.74, 6) is -0.0923. The first kappa shape index (κ1) is 15.1. The van der Waals surface area contributed by atoms with E-state index in [0.717, 1.165) is 23.9 Å². The Kier molecular flexibility index (Phi) is 4.94. The van der Waals surface area contributed by atoms with Gasteiger partial charge in [0.2, 0.25) is 0 Å². The molecule has 0 unspecified atom stereocenters. The minimum Gasteiger partial charge on any atom is -0.370 e. The lowest BCUT2D eigenvalue weighted by molar-refractivity contribution is 0.0978. The molecule has 0 radical (unpaired) electrons. The third kappa shape index (κ3) is 4.06. The second-order valence-electron chi connectivity index (χ2n) is 5.13. The molecule has 0 saturated carbocycles. The number of fused-ring (bicyclic) bond motifs is 1. The first-order valence-corrected chi connectivity index (χ1v) is 6.90. The average molecular weight is 287 g/mol. The van der Waals surface area contributed by atoms with E-state index >= 15 is 0 Å². The Morgan fingerprint density at radius 3 is 2.90 bits per heavy atom. The van der Waals surface area contributed by atoms with Crippen molar-refractivity contribution in [1.29, 1.82) is 0 Å². The predicted molar refractivity (Wildman–Crippen MR) is 85.4 cm³/mol. The zero-order valence-electron chi connectivity index (χ0n) is 12.4. The number of nitrogens with one attached hydrogen (secondary N) is 2. The number of amides is 1. The van der Waals surface area contributed by atoms with Gasteiger partial charge in [-0.2, -0.15) is 0 Å². The molecule has 1 aromatic heterocycles. The van der Waals surface area contributed by atoms with Crippen LogP contribution in [0.2, 0.25) is 0 Å². The molecule has 1 aromatic carbocycles. The third-order valence-electron chi connectivity index (χ3n) is 3.12. The molecule has 0 saturated heterocycles. The number of rotatable bonds is 5. The molecule has 0 aliphatic heterocycles. The maximum atomic E-state index is 12.2. The van der Waals surface area contributed by atoms with Crippen LogP contribution in [0.5, 0.6) is 0 Å². The summed E-state index contributed by atoms with van der Waals surface area (Å²) in [7, 11) is 4.01. The number of aliphatic imine (C=N–C) groups is 1. The van der Waals surface area contributed by atoms with Crippen LogP contribution in [0.15, 0.2) is 35.5 Å². The van der Waals surface area contributed by atoms with Crippen LogP contribution < -0.4 is 11.1 Å². The van der Waals surface area contributed by atoms with E-state index in [9.17, 15) is 4.79 Å².